The first-order chi connectivity index (χ1) is 6.83. The maximum absolute atomic E-state index is 11.7. The van der Waals surface area contributed by atoms with E-state index in [1.807, 2.05) is 24.3 Å². The SMILES string of the molecule is O=C1C2C=CC=CC2=NN1CCCO. The summed E-state index contributed by atoms with van der Waals surface area (Å²) in [6.45, 7) is 0.585. The van der Waals surface area contributed by atoms with Gasteiger partial charge >= 0.3 is 0 Å². The van der Waals surface area contributed by atoms with Gasteiger partial charge in [-0.1, -0.05) is 18.2 Å². The fourth-order valence-electron chi connectivity index (χ4n) is 1.57. The summed E-state index contributed by atoms with van der Waals surface area (Å²) in [5.74, 6) is -0.187. The minimum absolute atomic E-state index is 0.00838. The minimum Gasteiger partial charge on any atom is -0.396 e. The van der Waals surface area contributed by atoms with Crippen LogP contribution in [-0.4, -0.2) is 34.9 Å². The summed E-state index contributed by atoms with van der Waals surface area (Å²) in [7, 11) is 0. The van der Waals surface area contributed by atoms with E-state index in [0.717, 1.165) is 5.71 Å². The van der Waals surface area contributed by atoms with Gasteiger partial charge in [-0.15, -0.1) is 0 Å². The Morgan fingerprint density at radius 1 is 1.50 bits per heavy atom. The van der Waals surface area contributed by atoms with Gasteiger partial charge in [0.15, 0.2) is 0 Å². The maximum Gasteiger partial charge on any atom is 0.255 e. The first-order valence-corrected chi connectivity index (χ1v) is 4.68. The van der Waals surface area contributed by atoms with Gasteiger partial charge < -0.3 is 5.11 Å². The summed E-state index contributed by atoms with van der Waals surface area (Å²) in [6, 6.07) is 0. The third-order valence-electron chi connectivity index (χ3n) is 2.28. The topological polar surface area (TPSA) is 52.9 Å². The summed E-state index contributed by atoms with van der Waals surface area (Å²) >= 11 is 0. The number of hydrogen-bond donors (Lipinski definition) is 1. The van der Waals surface area contributed by atoms with Crippen LogP contribution in [-0.2, 0) is 4.79 Å². The molecule has 0 aromatic rings. The third-order valence-corrected chi connectivity index (χ3v) is 2.28. The quantitative estimate of drug-likeness (QED) is 0.699. The summed E-state index contributed by atoms with van der Waals surface area (Å²) < 4.78 is 0. The molecule has 0 saturated heterocycles. The van der Waals surface area contributed by atoms with Crippen LogP contribution < -0.4 is 0 Å². The molecule has 4 nitrogen and oxygen atoms in total. The monoisotopic (exact) mass is 192 g/mol. The van der Waals surface area contributed by atoms with Crippen molar-refractivity contribution < 1.29 is 9.90 Å². The zero-order valence-corrected chi connectivity index (χ0v) is 7.76. The van der Waals surface area contributed by atoms with Crippen molar-refractivity contribution in [2.24, 2.45) is 11.0 Å². The van der Waals surface area contributed by atoms with Crippen molar-refractivity contribution >= 4 is 11.6 Å². The first kappa shape index (κ1) is 9.15. The molecule has 0 aromatic carbocycles. The smallest absolute Gasteiger partial charge is 0.255 e. The highest BCUT2D eigenvalue weighted by Crippen LogP contribution is 2.20. The van der Waals surface area contributed by atoms with E-state index in [0.29, 0.717) is 13.0 Å². The Hall–Kier alpha value is -1.42. The third kappa shape index (κ3) is 1.48. The maximum atomic E-state index is 11.7. The number of nitrogens with zero attached hydrogens (tertiary/aromatic N) is 2. The molecule has 1 N–H and O–H groups in total. The van der Waals surface area contributed by atoms with Gasteiger partial charge in [-0.3, -0.25) is 4.79 Å². The highest BCUT2D eigenvalue weighted by Gasteiger charge is 2.32. The minimum atomic E-state index is -0.196. The predicted octanol–water partition coefficient (Wildman–Crippen LogP) is 0.309. The molecule has 4 heteroatoms. The van der Waals surface area contributed by atoms with Crippen molar-refractivity contribution in [3.63, 3.8) is 0 Å². The van der Waals surface area contributed by atoms with Crippen molar-refractivity contribution in [3.05, 3.63) is 24.3 Å². The standard InChI is InChI=1S/C10H12N2O2/c13-7-3-6-12-10(14)8-4-1-2-5-9(8)11-12/h1-2,4-5,8,13H,3,6-7H2. The molecule has 14 heavy (non-hydrogen) atoms. The average Bonchev–Trinajstić information content (AvgIpc) is 2.54. The molecule has 0 saturated carbocycles. The first-order valence-electron chi connectivity index (χ1n) is 4.68. The lowest BCUT2D eigenvalue weighted by Crippen LogP contribution is -2.27. The number of aliphatic hydroxyl groups is 1. The summed E-state index contributed by atoms with van der Waals surface area (Å²) in [5.41, 5.74) is 0.801. The number of rotatable bonds is 3. The molecule has 0 radical (unpaired) electrons. The molecule has 1 heterocycles. The second-order valence-corrected chi connectivity index (χ2v) is 3.29. The van der Waals surface area contributed by atoms with E-state index in [4.69, 9.17) is 5.11 Å². The number of carbonyl (C=O) groups excluding carboxylic acids is 1. The number of fused-ring (bicyclic) bond motifs is 1. The lowest BCUT2D eigenvalue weighted by Gasteiger charge is -2.11. The van der Waals surface area contributed by atoms with Crippen molar-refractivity contribution in [2.75, 3.05) is 13.2 Å². The Morgan fingerprint density at radius 3 is 3.07 bits per heavy atom. The number of amides is 1. The fraction of sp³-hybridized carbons (Fsp3) is 0.400. The normalized spacial score (nSPS) is 24.1. The largest absolute Gasteiger partial charge is 0.396 e. The average molecular weight is 192 g/mol. The molecule has 0 spiro atoms. The summed E-state index contributed by atoms with van der Waals surface area (Å²) in [5, 5.41) is 14.3. The van der Waals surface area contributed by atoms with Crippen LogP contribution >= 0.6 is 0 Å². The molecule has 0 fully saturated rings. The van der Waals surface area contributed by atoms with E-state index >= 15 is 0 Å². The van der Waals surface area contributed by atoms with Crippen molar-refractivity contribution in [1.29, 1.82) is 0 Å². The van der Waals surface area contributed by atoms with E-state index in [-0.39, 0.29) is 18.4 Å². The summed E-state index contributed by atoms with van der Waals surface area (Å²) in [6.07, 6.45) is 8.00. The van der Waals surface area contributed by atoms with E-state index in [9.17, 15) is 4.79 Å². The molecule has 2 rings (SSSR count). The highest BCUT2D eigenvalue weighted by atomic mass is 16.3. The zero-order chi connectivity index (χ0) is 9.97. The van der Waals surface area contributed by atoms with Crippen LogP contribution in [0.3, 0.4) is 0 Å². The summed E-state index contributed by atoms with van der Waals surface area (Å²) in [4.78, 5) is 11.7. The molecule has 1 atom stereocenters. The molecule has 0 bridgehead atoms. The zero-order valence-electron chi connectivity index (χ0n) is 7.76. The van der Waals surface area contributed by atoms with Crippen molar-refractivity contribution in [1.82, 2.24) is 5.01 Å². The molecule has 2 aliphatic rings. The molecule has 1 aliphatic heterocycles. The molecule has 1 unspecified atom stereocenters. The Morgan fingerprint density at radius 2 is 2.36 bits per heavy atom. The number of carbonyl (C=O) groups is 1. The Bertz CT molecular complexity index is 331. The molecular formula is C10H12N2O2. The molecular weight excluding hydrogens is 180 g/mol. The van der Waals surface area contributed by atoms with E-state index in [2.05, 4.69) is 5.10 Å². The molecule has 1 aliphatic carbocycles. The van der Waals surface area contributed by atoms with Crippen LogP contribution in [0.1, 0.15) is 6.42 Å². The second kappa shape index (κ2) is 3.75. The van der Waals surface area contributed by atoms with Gasteiger partial charge in [-0.25, -0.2) is 5.01 Å². The van der Waals surface area contributed by atoms with Crippen LogP contribution in [0.25, 0.3) is 0 Å². The lowest BCUT2D eigenvalue weighted by molar-refractivity contribution is -0.130. The second-order valence-electron chi connectivity index (χ2n) is 3.29. The van der Waals surface area contributed by atoms with Gasteiger partial charge in [0.05, 0.1) is 5.71 Å². The van der Waals surface area contributed by atoms with Crippen LogP contribution in [0.2, 0.25) is 0 Å². The van der Waals surface area contributed by atoms with Crippen LogP contribution in [0.5, 0.6) is 0 Å². The van der Waals surface area contributed by atoms with E-state index in [1.165, 1.54) is 5.01 Å². The van der Waals surface area contributed by atoms with Crippen LogP contribution in [0.4, 0.5) is 0 Å². The number of aliphatic hydroxyl groups excluding tert-OH is 1. The lowest BCUT2D eigenvalue weighted by atomic mass is 9.99. The van der Waals surface area contributed by atoms with Crippen LogP contribution in [0, 0.1) is 5.92 Å². The van der Waals surface area contributed by atoms with Crippen molar-refractivity contribution in [2.45, 2.75) is 6.42 Å². The number of allylic oxidation sites excluding steroid dienone is 3. The van der Waals surface area contributed by atoms with Gasteiger partial charge in [-0.2, -0.15) is 5.10 Å². The highest BCUT2D eigenvalue weighted by molar-refractivity contribution is 6.15. The molecule has 1 amide bonds. The number of hydrogen-bond acceptors (Lipinski definition) is 3. The van der Waals surface area contributed by atoms with E-state index in [1.54, 1.807) is 0 Å². The van der Waals surface area contributed by atoms with Crippen LogP contribution in [0.15, 0.2) is 29.4 Å². The van der Waals surface area contributed by atoms with Gasteiger partial charge in [0, 0.05) is 13.2 Å². The predicted molar refractivity (Wildman–Crippen MR) is 52.6 cm³/mol. The van der Waals surface area contributed by atoms with Crippen molar-refractivity contribution in [3.8, 4) is 0 Å². The Balaban J connectivity index is 2.09. The number of hydrazone groups is 1. The fourth-order valence-corrected chi connectivity index (χ4v) is 1.57. The Labute approximate surface area is 82.2 Å². The van der Waals surface area contributed by atoms with Gasteiger partial charge in [0.2, 0.25) is 0 Å². The molecule has 0 aromatic heterocycles. The molecule has 74 valence electrons. The Kier molecular flexibility index (Phi) is 2.45. The van der Waals surface area contributed by atoms with Gasteiger partial charge in [0.25, 0.3) is 5.91 Å². The van der Waals surface area contributed by atoms with Gasteiger partial charge in [-0.05, 0) is 12.5 Å². The van der Waals surface area contributed by atoms with Gasteiger partial charge in [0.1, 0.15) is 5.92 Å². The van der Waals surface area contributed by atoms with E-state index < -0.39 is 0 Å².